The molecule has 0 saturated carbocycles. The first-order valence-corrected chi connectivity index (χ1v) is 5.79. The van der Waals surface area contributed by atoms with Gasteiger partial charge in [-0.05, 0) is 37.6 Å². The molecule has 4 nitrogen and oxygen atoms in total. The highest BCUT2D eigenvalue weighted by Crippen LogP contribution is 2.18. The maximum Gasteiger partial charge on any atom is 0.254 e. The molecule has 0 radical (unpaired) electrons. The van der Waals surface area contributed by atoms with E-state index in [4.69, 9.17) is 10.2 Å². The maximum atomic E-state index is 12.2. The molecule has 0 saturated heterocycles. The summed E-state index contributed by atoms with van der Waals surface area (Å²) in [5.41, 5.74) is 7.70. The highest BCUT2D eigenvalue weighted by atomic mass is 16.3. The average Bonchev–Trinajstić information content (AvgIpc) is 2.81. The second kappa shape index (κ2) is 4.96. The lowest BCUT2D eigenvalue weighted by Gasteiger charge is -2.14. The van der Waals surface area contributed by atoms with Crippen LogP contribution in [0.25, 0.3) is 0 Å². The monoisotopic (exact) mass is 244 g/mol. The fraction of sp³-hybridized carbons (Fsp3) is 0.214. The Morgan fingerprint density at radius 1 is 1.33 bits per heavy atom. The van der Waals surface area contributed by atoms with Crippen LogP contribution in [0.2, 0.25) is 0 Å². The number of benzene rings is 1. The van der Waals surface area contributed by atoms with Gasteiger partial charge in [-0.1, -0.05) is 12.1 Å². The molecule has 1 aromatic heterocycles. The highest BCUT2D eigenvalue weighted by molar-refractivity contribution is 6.00. The zero-order chi connectivity index (χ0) is 13.1. The van der Waals surface area contributed by atoms with Gasteiger partial charge < -0.3 is 15.5 Å². The minimum atomic E-state index is -0.188. The molecule has 4 heteroatoms. The fourth-order valence-electron chi connectivity index (χ4n) is 1.88. The lowest BCUT2D eigenvalue weighted by molar-refractivity contribution is 0.0935. The Kier molecular flexibility index (Phi) is 3.37. The summed E-state index contributed by atoms with van der Waals surface area (Å²) in [5.74, 6) is 0.532. The van der Waals surface area contributed by atoms with Crippen molar-refractivity contribution in [1.82, 2.24) is 5.32 Å². The number of hydrogen-bond acceptors (Lipinski definition) is 3. The minimum Gasteiger partial charge on any atom is -0.467 e. The van der Waals surface area contributed by atoms with Crippen molar-refractivity contribution < 1.29 is 9.21 Å². The molecule has 0 aliphatic heterocycles. The summed E-state index contributed by atoms with van der Waals surface area (Å²) in [5, 5.41) is 2.87. The molecule has 0 spiro atoms. The Balaban J connectivity index is 2.18. The topological polar surface area (TPSA) is 68.3 Å². The van der Waals surface area contributed by atoms with Crippen molar-refractivity contribution in [3.05, 3.63) is 53.5 Å². The molecule has 94 valence electrons. The molecule has 0 fully saturated rings. The number of aryl methyl sites for hydroxylation is 1. The number of hydrogen-bond donors (Lipinski definition) is 2. The van der Waals surface area contributed by atoms with Crippen molar-refractivity contribution in [3.8, 4) is 0 Å². The van der Waals surface area contributed by atoms with Gasteiger partial charge in [0.15, 0.2) is 0 Å². The Bertz CT molecular complexity index is 527. The number of furan rings is 1. The van der Waals surface area contributed by atoms with E-state index in [0.29, 0.717) is 11.3 Å². The first kappa shape index (κ1) is 12.2. The van der Waals surface area contributed by atoms with Crippen LogP contribution >= 0.6 is 0 Å². The number of anilines is 1. The summed E-state index contributed by atoms with van der Waals surface area (Å²) >= 11 is 0. The highest BCUT2D eigenvalue weighted by Gasteiger charge is 2.16. The van der Waals surface area contributed by atoms with E-state index in [-0.39, 0.29) is 11.9 Å². The summed E-state index contributed by atoms with van der Waals surface area (Å²) in [4.78, 5) is 12.2. The fourth-order valence-corrected chi connectivity index (χ4v) is 1.88. The zero-order valence-electron chi connectivity index (χ0n) is 10.4. The second-order valence-corrected chi connectivity index (χ2v) is 4.25. The van der Waals surface area contributed by atoms with E-state index in [2.05, 4.69) is 5.32 Å². The molecular weight excluding hydrogens is 228 g/mol. The minimum absolute atomic E-state index is 0.186. The van der Waals surface area contributed by atoms with Crippen LogP contribution in [0.4, 0.5) is 5.69 Å². The van der Waals surface area contributed by atoms with Gasteiger partial charge in [0.1, 0.15) is 5.76 Å². The number of rotatable bonds is 3. The quantitative estimate of drug-likeness (QED) is 0.815. The number of nitrogens with one attached hydrogen (secondary N) is 1. The van der Waals surface area contributed by atoms with E-state index in [1.54, 1.807) is 18.4 Å². The standard InChI is InChI=1S/C14H16N2O2/c1-9-5-3-6-11(15)13(9)14(17)16-10(2)12-7-4-8-18-12/h3-8,10H,15H2,1-2H3,(H,16,17). The Labute approximate surface area is 106 Å². The van der Waals surface area contributed by atoms with Gasteiger partial charge in [-0.15, -0.1) is 0 Å². The lowest BCUT2D eigenvalue weighted by atomic mass is 10.1. The maximum absolute atomic E-state index is 12.2. The van der Waals surface area contributed by atoms with E-state index in [9.17, 15) is 4.79 Å². The van der Waals surface area contributed by atoms with Crippen molar-refractivity contribution in [1.29, 1.82) is 0 Å². The van der Waals surface area contributed by atoms with Gasteiger partial charge >= 0.3 is 0 Å². The van der Waals surface area contributed by atoms with Gasteiger partial charge in [0.05, 0.1) is 17.9 Å². The largest absolute Gasteiger partial charge is 0.467 e. The first-order chi connectivity index (χ1) is 8.59. The SMILES string of the molecule is Cc1cccc(N)c1C(=O)NC(C)c1ccco1. The number of carbonyl (C=O) groups is 1. The molecule has 1 heterocycles. The number of nitrogen functional groups attached to an aromatic ring is 1. The molecule has 0 bridgehead atoms. The normalized spacial score (nSPS) is 12.1. The Hall–Kier alpha value is -2.23. The van der Waals surface area contributed by atoms with Gasteiger partial charge in [-0.3, -0.25) is 4.79 Å². The summed E-state index contributed by atoms with van der Waals surface area (Å²) in [7, 11) is 0. The van der Waals surface area contributed by atoms with Crippen molar-refractivity contribution >= 4 is 11.6 Å². The van der Waals surface area contributed by atoms with Gasteiger partial charge in [0, 0.05) is 5.69 Å². The molecule has 2 rings (SSSR count). The van der Waals surface area contributed by atoms with Gasteiger partial charge in [-0.2, -0.15) is 0 Å². The average molecular weight is 244 g/mol. The van der Waals surface area contributed by atoms with Crippen LogP contribution in [0.5, 0.6) is 0 Å². The Morgan fingerprint density at radius 2 is 2.11 bits per heavy atom. The van der Waals surface area contributed by atoms with Crippen LogP contribution in [0.3, 0.4) is 0 Å². The van der Waals surface area contributed by atoms with Crippen molar-refractivity contribution in [2.45, 2.75) is 19.9 Å². The molecule has 1 unspecified atom stereocenters. The second-order valence-electron chi connectivity index (χ2n) is 4.25. The van der Waals surface area contributed by atoms with E-state index < -0.39 is 0 Å². The predicted molar refractivity (Wildman–Crippen MR) is 70.2 cm³/mol. The van der Waals surface area contributed by atoms with E-state index in [1.807, 2.05) is 32.0 Å². The van der Waals surface area contributed by atoms with Crippen molar-refractivity contribution in [2.75, 3.05) is 5.73 Å². The Morgan fingerprint density at radius 3 is 2.72 bits per heavy atom. The summed E-state index contributed by atoms with van der Waals surface area (Å²) in [6, 6.07) is 8.85. The molecule has 1 amide bonds. The molecule has 0 aliphatic carbocycles. The number of nitrogens with two attached hydrogens (primary N) is 1. The zero-order valence-corrected chi connectivity index (χ0v) is 10.4. The van der Waals surface area contributed by atoms with Gasteiger partial charge in [0.25, 0.3) is 5.91 Å². The van der Waals surface area contributed by atoms with Crippen LogP contribution in [0, 0.1) is 6.92 Å². The third-order valence-electron chi connectivity index (χ3n) is 2.85. The molecule has 1 aromatic carbocycles. The molecule has 3 N–H and O–H groups in total. The molecule has 1 atom stereocenters. The van der Waals surface area contributed by atoms with E-state index >= 15 is 0 Å². The first-order valence-electron chi connectivity index (χ1n) is 5.79. The molecule has 2 aromatic rings. The van der Waals surface area contributed by atoms with Crippen molar-refractivity contribution in [2.24, 2.45) is 0 Å². The van der Waals surface area contributed by atoms with Gasteiger partial charge in [0.2, 0.25) is 0 Å². The van der Waals surface area contributed by atoms with Crippen LogP contribution < -0.4 is 11.1 Å². The number of amides is 1. The summed E-state index contributed by atoms with van der Waals surface area (Å²) in [6.45, 7) is 3.73. The summed E-state index contributed by atoms with van der Waals surface area (Å²) in [6.07, 6.45) is 1.58. The predicted octanol–water partition coefficient (Wildman–Crippen LogP) is 2.66. The van der Waals surface area contributed by atoms with Crippen LogP contribution in [0.15, 0.2) is 41.0 Å². The number of carbonyl (C=O) groups excluding carboxylic acids is 1. The smallest absolute Gasteiger partial charge is 0.254 e. The molecule has 0 aliphatic rings. The van der Waals surface area contributed by atoms with Crippen LogP contribution in [-0.4, -0.2) is 5.91 Å². The third kappa shape index (κ3) is 2.37. The lowest BCUT2D eigenvalue weighted by Crippen LogP contribution is -2.27. The van der Waals surface area contributed by atoms with Crippen LogP contribution in [-0.2, 0) is 0 Å². The van der Waals surface area contributed by atoms with E-state index in [0.717, 1.165) is 11.3 Å². The van der Waals surface area contributed by atoms with Crippen LogP contribution in [0.1, 0.15) is 34.6 Å². The molecule has 18 heavy (non-hydrogen) atoms. The third-order valence-corrected chi connectivity index (χ3v) is 2.85. The van der Waals surface area contributed by atoms with Gasteiger partial charge in [-0.25, -0.2) is 0 Å². The van der Waals surface area contributed by atoms with E-state index in [1.165, 1.54) is 0 Å². The molecular formula is C14H16N2O2. The van der Waals surface area contributed by atoms with Crippen molar-refractivity contribution in [3.63, 3.8) is 0 Å². The summed E-state index contributed by atoms with van der Waals surface area (Å²) < 4.78 is 5.25.